The van der Waals surface area contributed by atoms with Crippen LogP contribution < -0.4 is 30.7 Å². The lowest BCUT2D eigenvalue weighted by molar-refractivity contribution is 0.407. The first-order valence-electron chi connectivity index (χ1n) is 15.2. The monoisotopic (exact) mass is 626 g/mol. The van der Waals surface area contributed by atoms with Crippen molar-refractivity contribution >= 4 is 34.0 Å². The summed E-state index contributed by atoms with van der Waals surface area (Å²) in [5.41, 5.74) is 2.46. The van der Waals surface area contributed by atoms with Gasteiger partial charge in [-0.2, -0.15) is 0 Å². The number of benzene rings is 2. The molecule has 0 saturated carbocycles. The second-order valence-electron chi connectivity index (χ2n) is 9.95. The molecule has 6 nitrogen and oxygen atoms in total. The maximum atomic E-state index is 5.40. The van der Waals surface area contributed by atoms with Crippen LogP contribution in [-0.4, -0.2) is 65.0 Å². The fourth-order valence-electron chi connectivity index (χ4n) is 4.45. The first-order chi connectivity index (χ1) is 19.8. The third-order valence-electron chi connectivity index (χ3n) is 6.74. The molecule has 0 aromatic heterocycles. The van der Waals surface area contributed by atoms with Crippen molar-refractivity contribution in [1.82, 2.24) is 21.3 Å². The zero-order chi connectivity index (χ0) is 28.4. The van der Waals surface area contributed by atoms with Gasteiger partial charge in [-0.3, -0.25) is 0 Å². The second-order valence-corrected chi connectivity index (χ2v) is 12.7. The second kappa shape index (κ2) is 27.7. The zero-order valence-electron chi connectivity index (χ0n) is 25.4. The summed E-state index contributed by atoms with van der Waals surface area (Å²) in [5, 5.41) is 14.2. The van der Waals surface area contributed by atoms with Crippen molar-refractivity contribution in [3.63, 3.8) is 0 Å². The molecule has 2 aromatic rings. The van der Waals surface area contributed by atoms with E-state index >= 15 is 0 Å². The van der Waals surface area contributed by atoms with Gasteiger partial charge in [-0.15, -0.1) is 12.4 Å². The highest BCUT2D eigenvalue weighted by Crippen LogP contribution is 2.19. The molecule has 0 fully saturated rings. The highest BCUT2D eigenvalue weighted by atomic mass is 35.5. The normalized spacial score (nSPS) is 10.9. The van der Waals surface area contributed by atoms with E-state index in [0.29, 0.717) is 0 Å². The van der Waals surface area contributed by atoms with Gasteiger partial charge in [-0.25, -0.2) is 0 Å². The molecular weight excluding hydrogens is 572 g/mol. The Balaban J connectivity index is 0.00000840. The van der Waals surface area contributed by atoms with Crippen molar-refractivity contribution < 1.29 is 9.47 Å². The average molecular weight is 627 g/mol. The summed E-state index contributed by atoms with van der Waals surface area (Å²) in [7, 11) is 7.46. The smallest absolute Gasteiger partial charge is 0.123 e. The van der Waals surface area contributed by atoms with Crippen LogP contribution in [0.25, 0.3) is 0 Å². The van der Waals surface area contributed by atoms with Crippen LogP contribution in [0.1, 0.15) is 62.5 Å². The van der Waals surface area contributed by atoms with Crippen LogP contribution in [0.15, 0.2) is 48.5 Å². The molecule has 2 rings (SSSR count). The van der Waals surface area contributed by atoms with Crippen LogP contribution in [0.2, 0.25) is 0 Å². The zero-order valence-corrected chi connectivity index (χ0v) is 27.8. The SMILES string of the molecule is COc1ccccc1CNCCCCCCNCCSSCCNCCCCCCNCc1ccccc1OC.Cl. The molecule has 2 aromatic carbocycles. The van der Waals surface area contributed by atoms with Crippen molar-refractivity contribution in [2.24, 2.45) is 0 Å². The summed E-state index contributed by atoms with van der Waals surface area (Å²) in [6, 6.07) is 16.5. The number of methoxy groups -OCH3 is 2. The van der Waals surface area contributed by atoms with E-state index in [9.17, 15) is 0 Å². The largest absolute Gasteiger partial charge is 0.496 e. The van der Waals surface area contributed by atoms with Gasteiger partial charge in [-0.05, 0) is 64.0 Å². The van der Waals surface area contributed by atoms with Crippen LogP contribution >= 0.6 is 34.0 Å². The summed E-state index contributed by atoms with van der Waals surface area (Å²) >= 11 is 0. The van der Waals surface area contributed by atoms with Gasteiger partial charge in [0, 0.05) is 48.8 Å². The lowest BCUT2D eigenvalue weighted by atomic mass is 10.1. The number of halogens is 1. The van der Waals surface area contributed by atoms with Crippen molar-refractivity contribution in [1.29, 1.82) is 0 Å². The Bertz CT molecular complexity index is 796. The number of para-hydroxylation sites is 2. The Hall–Kier alpha value is -1.13. The molecule has 234 valence electrons. The summed E-state index contributed by atoms with van der Waals surface area (Å²) in [6.07, 6.45) is 10.2. The Labute approximate surface area is 264 Å². The summed E-state index contributed by atoms with van der Waals surface area (Å²) in [6.45, 7) is 8.39. The fraction of sp³-hybridized carbons (Fsp3) is 0.625. The fourth-order valence-corrected chi connectivity index (χ4v) is 6.34. The number of hydrogen-bond donors (Lipinski definition) is 4. The standard InChI is InChI=1S/C32H54N4O2S2.ClH/c1-37-31-17-9-7-15-29(31)27-35-21-13-5-3-11-19-33-23-25-39-40-26-24-34-20-12-4-6-14-22-36-28-30-16-8-10-18-32(30)38-2;/h7-10,15-18,33-36H,3-6,11-14,19-28H2,1-2H3;1H. The quantitative estimate of drug-likeness (QED) is 0.0646. The maximum Gasteiger partial charge on any atom is 0.123 e. The van der Waals surface area contributed by atoms with Gasteiger partial charge < -0.3 is 30.7 Å². The van der Waals surface area contributed by atoms with E-state index in [1.54, 1.807) is 14.2 Å². The van der Waals surface area contributed by atoms with Crippen LogP contribution in [0.3, 0.4) is 0 Å². The molecule has 0 aliphatic rings. The Kier molecular flexibility index (Phi) is 25.6. The Morgan fingerprint density at radius 1 is 0.488 bits per heavy atom. The first-order valence-corrected chi connectivity index (χ1v) is 17.6. The summed E-state index contributed by atoms with van der Waals surface area (Å²) < 4.78 is 10.8. The summed E-state index contributed by atoms with van der Waals surface area (Å²) in [4.78, 5) is 0. The molecule has 9 heteroatoms. The van der Waals surface area contributed by atoms with E-state index < -0.39 is 0 Å². The van der Waals surface area contributed by atoms with E-state index in [1.807, 2.05) is 45.9 Å². The van der Waals surface area contributed by atoms with Gasteiger partial charge in [0.1, 0.15) is 11.5 Å². The molecule has 0 saturated heterocycles. The molecular formula is C32H55ClN4O2S2. The van der Waals surface area contributed by atoms with Crippen molar-refractivity contribution in [2.45, 2.75) is 64.5 Å². The number of nitrogens with one attached hydrogen (secondary N) is 4. The van der Waals surface area contributed by atoms with Crippen molar-refractivity contribution in [2.75, 3.05) is 65.0 Å². The van der Waals surface area contributed by atoms with Gasteiger partial charge in [0.05, 0.1) is 14.2 Å². The summed E-state index contributed by atoms with van der Waals surface area (Å²) in [5.74, 6) is 4.31. The molecule has 0 aliphatic carbocycles. The predicted molar refractivity (Wildman–Crippen MR) is 184 cm³/mol. The van der Waals surface area contributed by atoms with Gasteiger partial charge >= 0.3 is 0 Å². The van der Waals surface area contributed by atoms with Crippen LogP contribution in [0.4, 0.5) is 0 Å². The third-order valence-corrected chi connectivity index (χ3v) is 9.15. The van der Waals surface area contributed by atoms with E-state index in [-0.39, 0.29) is 12.4 Å². The molecule has 41 heavy (non-hydrogen) atoms. The van der Waals surface area contributed by atoms with Gasteiger partial charge in [0.15, 0.2) is 0 Å². The third kappa shape index (κ3) is 19.6. The van der Waals surface area contributed by atoms with Crippen LogP contribution in [0, 0.1) is 0 Å². The van der Waals surface area contributed by atoms with Crippen molar-refractivity contribution in [3.8, 4) is 11.5 Å². The van der Waals surface area contributed by atoms with Crippen LogP contribution in [-0.2, 0) is 13.1 Å². The Morgan fingerprint density at radius 3 is 1.24 bits per heavy atom. The minimum Gasteiger partial charge on any atom is -0.496 e. The van der Waals surface area contributed by atoms with Gasteiger partial charge in [-0.1, -0.05) is 83.7 Å². The highest BCUT2D eigenvalue weighted by molar-refractivity contribution is 8.76. The number of unbranched alkanes of at least 4 members (excludes halogenated alkanes) is 6. The lowest BCUT2D eigenvalue weighted by Crippen LogP contribution is -2.19. The van der Waals surface area contributed by atoms with Gasteiger partial charge in [0.25, 0.3) is 0 Å². The molecule has 4 N–H and O–H groups in total. The van der Waals surface area contributed by atoms with E-state index in [4.69, 9.17) is 9.47 Å². The number of rotatable bonds is 27. The molecule has 0 spiro atoms. The first kappa shape index (κ1) is 37.9. The number of ether oxygens (including phenoxy) is 2. The van der Waals surface area contributed by atoms with E-state index in [1.165, 1.54) is 74.0 Å². The van der Waals surface area contributed by atoms with Crippen molar-refractivity contribution in [3.05, 3.63) is 59.7 Å². The molecule has 0 unspecified atom stereocenters. The molecule has 0 bridgehead atoms. The maximum absolute atomic E-state index is 5.40. The minimum atomic E-state index is 0. The minimum absolute atomic E-state index is 0. The number of hydrogen-bond acceptors (Lipinski definition) is 8. The van der Waals surface area contributed by atoms with Gasteiger partial charge in [0.2, 0.25) is 0 Å². The molecule has 0 atom stereocenters. The molecule has 0 radical (unpaired) electrons. The molecule has 0 amide bonds. The highest BCUT2D eigenvalue weighted by Gasteiger charge is 2.01. The lowest BCUT2D eigenvalue weighted by Gasteiger charge is -2.09. The molecule has 0 aliphatic heterocycles. The average Bonchev–Trinajstić information content (AvgIpc) is 2.99. The van der Waals surface area contributed by atoms with E-state index in [0.717, 1.165) is 63.9 Å². The predicted octanol–water partition coefficient (Wildman–Crippen LogP) is 6.69. The van der Waals surface area contributed by atoms with Crippen LogP contribution in [0.5, 0.6) is 11.5 Å². The van der Waals surface area contributed by atoms with E-state index in [2.05, 4.69) is 45.5 Å². The Morgan fingerprint density at radius 2 is 0.854 bits per heavy atom. The topological polar surface area (TPSA) is 66.6 Å². The molecule has 0 heterocycles.